The minimum atomic E-state index is -0.0981. The van der Waals surface area contributed by atoms with Gasteiger partial charge in [0.2, 0.25) is 5.91 Å². The monoisotopic (exact) mass is 280 g/mol. The second-order valence-electron chi connectivity index (χ2n) is 4.74. The lowest BCUT2D eigenvalue weighted by atomic mass is 10.2. The van der Waals surface area contributed by atoms with Gasteiger partial charge in [0.25, 0.3) is 0 Å². The molecule has 0 spiro atoms. The molecule has 0 aromatic heterocycles. The van der Waals surface area contributed by atoms with Crippen LogP contribution in [-0.4, -0.2) is 46.9 Å². The summed E-state index contributed by atoms with van der Waals surface area (Å²) in [5.74, 6) is -0.0981. The van der Waals surface area contributed by atoms with Crippen molar-refractivity contribution in [1.82, 2.24) is 5.32 Å². The van der Waals surface area contributed by atoms with E-state index < -0.39 is 0 Å². The highest BCUT2D eigenvalue weighted by molar-refractivity contribution is 5.77. The molecule has 5 nitrogen and oxygen atoms in total. The van der Waals surface area contributed by atoms with Gasteiger partial charge >= 0.3 is 0 Å². The number of nitrogens with zero attached hydrogens (tertiary/aromatic N) is 1. The number of hydrogen-bond acceptors (Lipinski definition) is 4. The third-order valence-corrected chi connectivity index (χ3v) is 2.81. The maximum absolute atomic E-state index is 11.5. The van der Waals surface area contributed by atoms with Crippen molar-refractivity contribution in [3.63, 3.8) is 0 Å². The topological polar surface area (TPSA) is 50.8 Å². The van der Waals surface area contributed by atoms with Crippen LogP contribution in [0.15, 0.2) is 24.3 Å². The summed E-state index contributed by atoms with van der Waals surface area (Å²) in [6, 6.07) is 8.08. The highest BCUT2D eigenvalue weighted by Crippen LogP contribution is 2.11. The summed E-state index contributed by atoms with van der Waals surface area (Å²) in [4.78, 5) is 13.6. The summed E-state index contributed by atoms with van der Waals surface area (Å²) in [6.45, 7) is 1.81. The molecule has 5 heteroatoms. The number of nitrogens with one attached hydrogen (secondary N) is 1. The van der Waals surface area contributed by atoms with Crippen LogP contribution in [0, 0.1) is 0 Å². The summed E-state index contributed by atoms with van der Waals surface area (Å²) in [5.41, 5.74) is 2.21. The first kappa shape index (κ1) is 16.5. The lowest BCUT2D eigenvalue weighted by molar-refractivity contribution is -0.126. The van der Waals surface area contributed by atoms with Gasteiger partial charge in [0, 0.05) is 46.7 Å². The summed E-state index contributed by atoms with van der Waals surface area (Å²) in [5, 5.41) is 2.83. The minimum Gasteiger partial charge on any atom is -0.385 e. The summed E-state index contributed by atoms with van der Waals surface area (Å²) < 4.78 is 10.1. The Morgan fingerprint density at radius 3 is 2.50 bits per heavy atom. The molecule has 112 valence electrons. The van der Waals surface area contributed by atoms with E-state index in [4.69, 9.17) is 9.47 Å². The predicted molar refractivity (Wildman–Crippen MR) is 79.9 cm³/mol. The van der Waals surface area contributed by atoms with Crippen molar-refractivity contribution in [3.8, 4) is 0 Å². The number of ether oxygens (including phenoxy) is 2. The van der Waals surface area contributed by atoms with E-state index in [0.29, 0.717) is 19.8 Å². The lowest BCUT2D eigenvalue weighted by Gasteiger charge is -2.13. The third kappa shape index (κ3) is 6.54. The zero-order valence-corrected chi connectivity index (χ0v) is 12.5. The Hall–Kier alpha value is -1.59. The smallest absolute Gasteiger partial charge is 0.246 e. The van der Waals surface area contributed by atoms with E-state index in [1.54, 1.807) is 7.11 Å². The molecule has 0 saturated carbocycles. The quantitative estimate of drug-likeness (QED) is 0.695. The van der Waals surface area contributed by atoms with Gasteiger partial charge in [-0.1, -0.05) is 12.1 Å². The number of carbonyl (C=O) groups is 1. The number of amides is 1. The Labute approximate surface area is 120 Å². The molecule has 0 saturated heterocycles. The standard InChI is InChI=1S/C15H24N2O3/c1-17(2)14-7-5-13(6-8-14)11-16-15(18)12-20-10-4-9-19-3/h5-8H,4,9-12H2,1-3H3,(H,16,18). The molecular weight excluding hydrogens is 256 g/mol. The van der Waals surface area contributed by atoms with Crippen LogP contribution in [0.4, 0.5) is 5.69 Å². The van der Waals surface area contributed by atoms with Crippen LogP contribution < -0.4 is 10.2 Å². The molecule has 1 aromatic rings. The fourth-order valence-corrected chi connectivity index (χ4v) is 1.63. The highest BCUT2D eigenvalue weighted by atomic mass is 16.5. The average molecular weight is 280 g/mol. The van der Waals surface area contributed by atoms with Crippen molar-refractivity contribution in [3.05, 3.63) is 29.8 Å². The molecule has 0 unspecified atom stereocenters. The molecular formula is C15H24N2O3. The van der Waals surface area contributed by atoms with Crippen LogP contribution in [0.2, 0.25) is 0 Å². The van der Waals surface area contributed by atoms with Gasteiger partial charge in [0.1, 0.15) is 6.61 Å². The van der Waals surface area contributed by atoms with E-state index in [0.717, 1.165) is 17.7 Å². The molecule has 0 heterocycles. The largest absolute Gasteiger partial charge is 0.385 e. The van der Waals surface area contributed by atoms with E-state index in [1.807, 2.05) is 43.3 Å². The average Bonchev–Trinajstić information content (AvgIpc) is 2.45. The fourth-order valence-electron chi connectivity index (χ4n) is 1.63. The molecule has 0 aliphatic heterocycles. The number of methoxy groups -OCH3 is 1. The molecule has 0 atom stereocenters. The van der Waals surface area contributed by atoms with E-state index in [1.165, 1.54) is 0 Å². The molecule has 20 heavy (non-hydrogen) atoms. The van der Waals surface area contributed by atoms with Crippen molar-refractivity contribution < 1.29 is 14.3 Å². The summed E-state index contributed by atoms with van der Waals surface area (Å²) >= 11 is 0. The summed E-state index contributed by atoms with van der Waals surface area (Å²) in [6.07, 6.45) is 0.801. The Balaban J connectivity index is 2.20. The van der Waals surface area contributed by atoms with Gasteiger partial charge in [-0.25, -0.2) is 0 Å². The predicted octanol–water partition coefficient (Wildman–Crippen LogP) is 1.42. The number of anilines is 1. The van der Waals surface area contributed by atoms with Gasteiger partial charge in [-0.2, -0.15) is 0 Å². The minimum absolute atomic E-state index is 0.0967. The zero-order valence-electron chi connectivity index (χ0n) is 12.5. The van der Waals surface area contributed by atoms with Crippen molar-refractivity contribution in [2.75, 3.05) is 45.9 Å². The van der Waals surface area contributed by atoms with E-state index >= 15 is 0 Å². The van der Waals surface area contributed by atoms with Crippen molar-refractivity contribution in [2.45, 2.75) is 13.0 Å². The molecule has 1 rings (SSSR count). The first-order valence-corrected chi connectivity index (χ1v) is 6.73. The second kappa shape index (κ2) is 9.34. The Morgan fingerprint density at radius 2 is 1.90 bits per heavy atom. The second-order valence-corrected chi connectivity index (χ2v) is 4.74. The van der Waals surface area contributed by atoms with Crippen molar-refractivity contribution >= 4 is 11.6 Å². The first-order valence-electron chi connectivity index (χ1n) is 6.73. The number of benzene rings is 1. The molecule has 1 aromatic carbocycles. The first-order chi connectivity index (χ1) is 9.63. The lowest BCUT2D eigenvalue weighted by Crippen LogP contribution is -2.27. The van der Waals surface area contributed by atoms with Gasteiger partial charge in [-0.3, -0.25) is 4.79 Å². The molecule has 0 aliphatic rings. The van der Waals surface area contributed by atoms with Gasteiger partial charge in [-0.15, -0.1) is 0 Å². The third-order valence-electron chi connectivity index (χ3n) is 2.81. The number of rotatable bonds is 9. The van der Waals surface area contributed by atoms with Gasteiger partial charge in [0.15, 0.2) is 0 Å². The zero-order chi connectivity index (χ0) is 14.8. The van der Waals surface area contributed by atoms with Crippen LogP contribution in [0.1, 0.15) is 12.0 Å². The molecule has 1 amide bonds. The van der Waals surface area contributed by atoms with Crippen LogP contribution in [-0.2, 0) is 20.8 Å². The van der Waals surface area contributed by atoms with E-state index in [-0.39, 0.29) is 12.5 Å². The molecule has 1 N–H and O–H groups in total. The van der Waals surface area contributed by atoms with E-state index in [2.05, 4.69) is 5.32 Å². The van der Waals surface area contributed by atoms with Gasteiger partial charge < -0.3 is 19.7 Å². The van der Waals surface area contributed by atoms with Gasteiger partial charge in [-0.05, 0) is 24.1 Å². The normalized spacial score (nSPS) is 10.3. The Morgan fingerprint density at radius 1 is 1.20 bits per heavy atom. The molecule has 0 bridgehead atoms. The molecule has 0 aliphatic carbocycles. The highest BCUT2D eigenvalue weighted by Gasteiger charge is 2.02. The van der Waals surface area contributed by atoms with Crippen LogP contribution in [0.5, 0.6) is 0 Å². The summed E-state index contributed by atoms with van der Waals surface area (Å²) in [7, 11) is 5.64. The van der Waals surface area contributed by atoms with Gasteiger partial charge in [0.05, 0.1) is 0 Å². The van der Waals surface area contributed by atoms with Crippen LogP contribution in [0.25, 0.3) is 0 Å². The maximum atomic E-state index is 11.5. The fraction of sp³-hybridized carbons (Fsp3) is 0.533. The van der Waals surface area contributed by atoms with Crippen LogP contribution in [0.3, 0.4) is 0 Å². The van der Waals surface area contributed by atoms with Crippen molar-refractivity contribution in [1.29, 1.82) is 0 Å². The van der Waals surface area contributed by atoms with E-state index in [9.17, 15) is 4.79 Å². The van der Waals surface area contributed by atoms with Crippen LogP contribution >= 0.6 is 0 Å². The van der Waals surface area contributed by atoms with Crippen molar-refractivity contribution in [2.24, 2.45) is 0 Å². The molecule has 0 fully saturated rings. The number of hydrogen-bond donors (Lipinski definition) is 1. The molecule has 0 radical (unpaired) electrons. The Bertz CT molecular complexity index is 391. The number of carbonyl (C=O) groups excluding carboxylic acids is 1. The maximum Gasteiger partial charge on any atom is 0.246 e. The SMILES string of the molecule is COCCCOCC(=O)NCc1ccc(N(C)C)cc1. The Kier molecular flexibility index (Phi) is 7.69.